The standard InChI is InChI=1S/C13H25N3O/c1-2-15-6-8-16(9-7-15)13(17)12-5-3-4-11(12)10-14/h11-12H,2-10,14H2,1H3. The van der Waals surface area contributed by atoms with Gasteiger partial charge in [0.25, 0.3) is 0 Å². The number of hydrogen-bond acceptors (Lipinski definition) is 3. The smallest absolute Gasteiger partial charge is 0.226 e. The van der Waals surface area contributed by atoms with Crippen LogP contribution >= 0.6 is 0 Å². The summed E-state index contributed by atoms with van der Waals surface area (Å²) >= 11 is 0. The molecule has 1 saturated heterocycles. The lowest BCUT2D eigenvalue weighted by atomic mass is 9.94. The van der Waals surface area contributed by atoms with Crippen molar-refractivity contribution in [2.45, 2.75) is 26.2 Å². The number of hydrogen-bond donors (Lipinski definition) is 1. The summed E-state index contributed by atoms with van der Waals surface area (Å²) < 4.78 is 0. The van der Waals surface area contributed by atoms with Gasteiger partial charge in [-0.15, -0.1) is 0 Å². The van der Waals surface area contributed by atoms with Crippen molar-refractivity contribution in [3.05, 3.63) is 0 Å². The Kier molecular flexibility index (Phi) is 4.40. The Morgan fingerprint density at radius 3 is 2.53 bits per heavy atom. The highest BCUT2D eigenvalue weighted by Crippen LogP contribution is 2.32. The molecule has 1 heterocycles. The molecule has 2 unspecified atom stereocenters. The van der Waals surface area contributed by atoms with E-state index >= 15 is 0 Å². The fourth-order valence-corrected chi connectivity index (χ4v) is 3.16. The van der Waals surface area contributed by atoms with Crippen molar-refractivity contribution in [2.75, 3.05) is 39.3 Å². The first kappa shape index (κ1) is 12.8. The quantitative estimate of drug-likeness (QED) is 0.781. The zero-order valence-corrected chi connectivity index (χ0v) is 10.9. The zero-order chi connectivity index (χ0) is 12.3. The van der Waals surface area contributed by atoms with Gasteiger partial charge in [0, 0.05) is 32.1 Å². The number of piperazine rings is 1. The fourth-order valence-electron chi connectivity index (χ4n) is 3.16. The van der Waals surface area contributed by atoms with Crippen LogP contribution in [0.2, 0.25) is 0 Å². The average molecular weight is 239 g/mol. The zero-order valence-electron chi connectivity index (χ0n) is 10.9. The highest BCUT2D eigenvalue weighted by molar-refractivity contribution is 5.79. The van der Waals surface area contributed by atoms with Gasteiger partial charge in [0.15, 0.2) is 0 Å². The Morgan fingerprint density at radius 2 is 1.94 bits per heavy atom. The van der Waals surface area contributed by atoms with Crippen LogP contribution in [-0.4, -0.2) is 55.0 Å². The maximum absolute atomic E-state index is 12.4. The topological polar surface area (TPSA) is 49.6 Å². The number of amides is 1. The van der Waals surface area contributed by atoms with Crippen LogP contribution in [0.3, 0.4) is 0 Å². The molecule has 2 N–H and O–H groups in total. The lowest BCUT2D eigenvalue weighted by Gasteiger charge is -2.36. The van der Waals surface area contributed by atoms with Gasteiger partial charge in [-0.05, 0) is 31.8 Å². The minimum absolute atomic E-state index is 0.216. The molecule has 2 atom stereocenters. The molecule has 1 aliphatic heterocycles. The molecule has 4 heteroatoms. The lowest BCUT2D eigenvalue weighted by Crippen LogP contribution is -2.50. The molecule has 0 aromatic rings. The van der Waals surface area contributed by atoms with E-state index in [0.29, 0.717) is 18.4 Å². The van der Waals surface area contributed by atoms with E-state index in [1.165, 1.54) is 6.42 Å². The summed E-state index contributed by atoms with van der Waals surface area (Å²) in [4.78, 5) is 16.9. The van der Waals surface area contributed by atoms with Gasteiger partial charge < -0.3 is 15.5 Å². The van der Waals surface area contributed by atoms with E-state index in [0.717, 1.165) is 45.6 Å². The van der Waals surface area contributed by atoms with Gasteiger partial charge in [-0.25, -0.2) is 0 Å². The van der Waals surface area contributed by atoms with E-state index in [2.05, 4.69) is 16.7 Å². The molecule has 0 radical (unpaired) electrons. The molecular formula is C13H25N3O. The Labute approximate surface area is 104 Å². The Bertz CT molecular complexity index is 261. The summed E-state index contributed by atoms with van der Waals surface area (Å²) in [7, 11) is 0. The largest absolute Gasteiger partial charge is 0.340 e. The normalized spacial score (nSPS) is 30.8. The van der Waals surface area contributed by atoms with Crippen LogP contribution in [0.15, 0.2) is 0 Å². The van der Waals surface area contributed by atoms with E-state index in [1.807, 2.05) is 0 Å². The predicted octanol–water partition coefficient (Wildman–Crippen LogP) is 0.526. The maximum atomic E-state index is 12.4. The first-order valence-corrected chi connectivity index (χ1v) is 6.97. The fraction of sp³-hybridized carbons (Fsp3) is 0.923. The molecule has 0 aromatic carbocycles. The molecule has 1 saturated carbocycles. The second-order valence-electron chi connectivity index (χ2n) is 5.29. The van der Waals surface area contributed by atoms with Crippen LogP contribution in [0.4, 0.5) is 0 Å². The average Bonchev–Trinajstić information content (AvgIpc) is 2.86. The number of nitrogens with zero attached hydrogens (tertiary/aromatic N) is 2. The van der Waals surface area contributed by atoms with E-state index in [1.54, 1.807) is 0 Å². The molecule has 4 nitrogen and oxygen atoms in total. The van der Waals surface area contributed by atoms with E-state index in [9.17, 15) is 4.79 Å². The van der Waals surface area contributed by atoms with Crippen molar-refractivity contribution >= 4 is 5.91 Å². The predicted molar refractivity (Wildman–Crippen MR) is 68.6 cm³/mol. The summed E-state index contributed by atoms with van der Waals surface area (Å²) in [6.07, 6.45) is 3.36. The van der Waals surface area contributed by atoms with Crippen molar-refractivity contribution in [3.63, 3.8) is 0 Å². The van der Waals surface area contributed by atoms with Crippen LogP contribution in [-0.2, 0) is 4.79 Å². The summed E-state index contributed by atoms with van der Waals surface area (Å²) in [5, 5.41) is 0. The van der Waals surface area contributed by atoms with Crippen LogP contribution in [0.5, 0.6) is 0 Å². The molecule has 2 fully saturated rings. The van der Waals surface area contributed by atoms with Crippen LogP contribution < -0.4 is 5.73 Å². The van der Waals surface area contributed by atoms with Gasteiger partial charge in [-0.2, -0.15) is 0 Å². The van der Waals surface area contributed by atoms with E-state index < -0.39 is 0 Å². The van der Waals surface area contributed by atoms with Crippen molar-refractivity contribution in [2.24, 2.45) is 17.6 Å². The number of rotatable bonds is 3. The molecule has 2 rings (SSSR count). The monoisotopic (exact) mass is 239 g/mol. The Hall–Kier alpha value is -0.610. The summed E-state index contributed by atoms with van der Waals surface area (Å²) in [6.45, 7) is 7.81. The second kappa shape index (κ2) is 5.83. The summed E-state index contributed by atoms with van der Waals surface area (Å²) in [5.41, 5.74) is 5.76. The highest BCUT2D eigenvalue weighted by atomic mass is 16.2. The maximum Gasteiger partial charge on any atom is 0.226 e. The molecule has 0 bridgehead atoms. The first-order chi connectivity index (χ1) is 8.26. The van der Waals surface area contributed by atoms with Crippen molar-refractivity contribution < 1.29 is 4.79 Å². The van der Waals surface area contributed by atoms with Gasteiger partial charge in [0.2, 0.25) is 5.91 Å². The molecule has 2 aliphatic rings. The number of likely N-dealkylation sites (N-methyl/N-ethyl adjacent to an activating group) is 1. The first-order valence-electron chi connectivity index (χ1n) is 6.97. The van der Waals surface area contributed by atoms with E-state index in [-0.39, 0.29) is 5.92 Å². The minimum Gasteiger partial charge on any atom is -0.340 e. The Morgan fingerprint density at radius 1 is 1.24 bits per heavy atom. The molecule has 17 heavy (non-hydrogen) atoms. The third-order valence-electron chi connectivity index (χ3n) is 4.41. The van der Waals surface area contributed by atoms with Gasteiger partial charge in [-0.1, -0.05) is 13.3 Å². The molecule has 1 amide bonds. The van der Waals surface area contributed by atoms with Crippen molar-refractivity contribution in [1.29, 1.82) is 0 Å². The number of nitrogens with two attached hydrogens (primary N) is 1. The summed E-state index contributed by atoms with van der Waals surface area (Å²) in [5.74, 6) is 1.02. The van der Waals surface area contributed by atoms with Crippen LogP contribution in [0, 0.1) is 11.8 Å². The van der Waals surface area contributed by atoms with Crippen LogP contribution in [0.25, 0.3) is 0 Å². The minimum atomic E-state index is 0.216. The van der Waals surface area contributed by atoms with Crippen molar-refractivity contribution in [1.82, 2.24) is 9.80 Å². The molecule has 1 aliphatic carbocycles. The number of carbonyl (C=O) groups is 1. The second-order valence-corrected chi connectivity index (χ2v) is 5.29. The SMILES string of the molecule is CCN1CCN(C(=O)C2CCCC2CN)CC1. The molecule has 0 spiro atoms. The summed E-state index contributed by atoms with van der Waals surface area (Å²) in [6, 6.07) is 0. The highest BCUT2D eigenvalue weighted by Gasteiger charge is 2.35. The van der Waals surface area contributed by atoms with Crippen LogP contribution in [0.1, 0.15) is 26.2 Å². The van der Waals surface area contributed by atoms with Gasteiger partial charge >= 0.3 is 0 Å². The molecule has 98 valence electrons. The van der Waals surface area contributed by atoms with Gasteiger partial charge in [0.1, 0.15) is 0 Å². The third kappa shape index (κ3) is 2.80. The molecular weight excluding hydrogens is 214 g/mol. The number of carbonyl (C=O) groups excluding carboxylic acids is 1. The van der Waals surface area contributed by atoms with E-state index in [4.69, 9.17) is 5.73 Å². The van der Waals surface area contributed by atoms with Crippen molar-refractivity contribution in [3.8, 4) is 0 Å². The Balaban J connectivity index is 1.88. The lowest BCUT2D eigenvalue weighted by molar-refractivity contribution is -0.138. The van der Waals surface area contributed by atoms with Gasteiger partial charge in [0.05, 0.1) is 0 Å². The molecule has 0 aromatic heterocycles. The van der Waals surface area contributed by atoms with Gasteiger partial charge in [-0.3, -0.25) is 4.79 Å². The third-order valence-corrected chi connectivity index (χ3v) is 4.41.